The molecule has 1 aliphatic rings. The number of furan rings is 1. The maximum absolute atomic E-state index is 12.1. The number of hydrogen-bond acceptors (Lipinski definition) is 6. The standard InChI is InChI=1S/C28H30N4O3/c1-2-34-28(33)27-24-8-7-23(16-22(24)19-35-27)32-13-11-31(12-14-32)10-4-3-5-21-18-30-26-9-6-20(17-29)15-25(21)26/h6-9,15-16,18-19,30H,2-5,10-14H2,1H3. The number of carbonyl (C=O) groups excluding carboxylic acids is 1. The predicted molar refractivity (Wildman–Crippen MR) is 137 cm³/mol. The molecule has 0 aliphatic carbocycles. The number of carbonyl (C=O) groups is 1. The summed E-state index contributed by atoms with van der Waals surface area (Å²) in [6.07, 6.45) is 7.02. The second-order valence-electron chi connectivity index (χ2n) is 9.03. The lowest BCUT2D eigenvalue weighted by Gasteiger charge is -2.36. The molecule has 35 heavy (non-hydrogen) atoms. The number of unbranched alkanes of at least 4 members (excludes halogenated alkanes) is 1. The summed E-state index contributed by atoms with van der Waals surface area (Å²) in [5, 5.41) is 12.1. The largest absolute Gasteiger partial charge is 0.460 e. The first-order chi connectivity index (χ1) is 17.2. The molecule has 0 amide bonds. The summed E-state index contributed by atoms with van der Waals surface area (Å²) >= 11 is 0. The van der Waals surface area contributed by atoms with Gasteiger partial charge in [0.15, 0.2) is 0 Å². The highest BCUT2D eigenvalue weighted by atomic mass is 16.5. The molecule has 3 heterocycles. The Kier molecular flexibility index (Phi) is 6.73. The van der Waals surface area contributed by atoms with Crippen molar-refractivity contribution in [3.63, 3.8) is 0 Å². The van der Waals surface area contributed by atoms with Gasteiger partial charge in [-0.3, -0.25) is 4.90 Å². The van der Waals surface area contributed by atoms with Gasteiger partial charge in [0, 0.05) is 59.7 Å². The minimum Gasteiger partial charge on any atom is -0.460 e. The number of benzene rings is 2. The van der Waals surface area contributed by atoms with E-state index in [1.165, 1.54) is 10.9 Å². The molecule has 0 spiro atoms. The fraction of sp³-hybridized carbons (Fsp3) is 0.357. The van der Waals surface area contributed by atoms with Crippen LogP contribution in [0.1, 0.15) is 41.4 Å². The molecule has 1 saturated heterocycles. The molecule has 5 rings (SSSR count). The van der Waals surface area contributed by atoms with Crippen LogP contribution in [0.25, 0.3) is 21.7 Å². The van der Waals surface area contributed by atoms with Gasteiger partial charge in [-0.05, 0) is 74.7 Å². The maximum Gasteiger partial charge on any atom is 0.374 e. The summed E-state index contributed by atoms with van der Waals surface area (Å²) in [6, 6.07) is 14.2. The normalized spacial score (nSPS) is 14.5. The Hall–Kier alpha value is -3.76. The van der Waals surface area contributed by atoms with Gasteiger partial charge in [0.2, 0.25) is 5.76 Å². The van der Waals surface area contributed by atoms with E-state index in [1.807, 2.05) is 24.3 Å². The molecular weight excluding hydrogens is 440 g/mol. The molecule has 0 unspecified atom stereocenters. The number of ether oxygens (including phenoxy) is 1. The van der Waals surface area contributed by atoms with Crippen LogP contribution in [0.5, 0.6) is 0 Å². The summed E-state index contributed by atoms with van der Waals surface area (Å²) in [6.45, 7) is 7.25. The SMILES string of the molecule is CCOC(=O)c1occ2cc(N3CCN(CCCCc4c[nH]c5ccc(C#N)cc45)CC3)ccc12. The fourth-order valence-corrected chi connectivity index (χ4v) is 4.93. The maximum atomic E-state index is 12.1. The second kappa shape index (κ2) is 10.2. The van der Waals surface area contributed by atoms with Crippen LogP contribution in [0.15, 0.2) is 53.3 Å². The predicted octanol–water partition coefficient (Wildman–Crippen LogP) is 5.11. The first kappa shape index (κ1) is 23.0. The van der Waals surface area contributed by atoms with E-state index in [0.717, 1.165) is 74.0 Å². The van der Waals surface area contributed by atoms with Crippen molar-refractivity contribution in [3.8, 4) is 6.07 Å². The van der Waals surface area contributed by atoms with Crippen molar-refractivity contribution in [3.05, 3.63) is 65.7 Å². The zero-order valence-electron chi connectivity index (χ0n) is 20.0. The summed E-state index contributed by atoms with van der Waals surface area (Å²) in [7, 11) is 0. The average molecular weight is 471 g/mol. The molecule has 4 aromatic rings. The number of fused-ring (bicyclic) bond motifs is 2. The first-order valence-electron chi connectivity index (χ1n) is 12.3. The molecule has 2 aromatic carbocycles. The van der Waals surface area contributed by atoms with Crippen LogP contribution in [0.3, 0.4) is 0 Å². The molecule has 0 atom stereocenters. The molecular formula is C28H30N4O3. The minimum atomic E-state index is -0.416. The number of H-pyrrole nitrogens is 1. The number of hydrogen-bond donors (Lipinski definition) is 1. The number of anilines is 1. The number of nitriles is 1. The van der Waals surface area contributed by atoms with Crippen LogP contribution < -0.4 is 4.90 Å². The molecule has 0 bridgehead atoms. The Morgan fingerprint density at radius 1 is 1.11 bits per heavy atom. The number of piperazine rings is 1. The van der Waals surface area contributed by atoms with Crippen LogP contribution in [-0.2, 0) is 11.2 Å². The monoisotopic (exact) mass is 470 g/mol. The van der Waals surface area contributed by atoms with E-state index in [0.29, 0.717) is 12.2 Å². The summed E-state index contributed by atoms with van der Waals surface area (Å²) < 4.78 is 10.6. The number of aromatic amines is 1. The molecule has 7 nitrogen and oxygen atoms in total. The van der Waals surface area contributed by atoms with Gasteiger partial charge in [0.1, 0.15) is 0 Å². The summed E-state index contributed by atoms with van der Waals surface area (Å²) in [5.41, 5.74) is 4.26. The van der Waals surface area contributed by atoms with Crippen LogP contribution in [0.2, 0.25) is 0 Å². The second-order valence-corrected chi connectivity index (χ2v) is 9.03. The third kappa shape index (κ3) is 4.89. The highest BCUT2D eigenvalue weighted by Gasteiger charge is 2.20. The van der Waals surface area contributed by atoms with E-state index < -0.39 is 5.97 Å². The number of esters is 1. The van der Waals surface area contributed by atoms with Gasteiger partial charge < -0.3 is 19.0 Å². The Labute approximate surface area is 204 Å². The lowest BCUT2D eigenvalue weighted by Crippen LogP contribution is -2.46. The zero-order valence-corrected chi connectivity index (χ0v) is 20.0. The van der Waals surface area contributed by atoms with Crippen LogP contribution >= 0.6 is 0 Å². The molecule has 7 heteroatoms. The van der Waals surface area contributed by atoms with Gasteiger partial charge in [-0.2, -0.15) is 5.26 Å². The van der Waals surface area contributed by atoms with Crippen LogP contribution in [0.4, 0.5) is 5.69 Å². The highest BCUT2D eigenvalue weighted by molar-refractivity contribution is 6.03. The van der Waals surface area contributed by atoms with Gasteiger partial charge in [-0.15, -0.1) is 0 Å². The molecule has 2 aromatic heterocycles. The van der Waals surface area contributed by atoms with E-state index in [-0.39, 0.29) is 5.76 Å². The Bertz CT molecular complexity index is 1370. The van der Waals surface area contributed by atoms with E-state index in [2.05, 4.69) is 39.2 Å². The fourth-order valence-electron chi connectivity index (χ4n) is 4.93. The van der Waals surface area contributed by atoms with Crippen molar-refractivity contribution in [1.29, 1.82) is 5.26 Å². The average Bonchev–Trinajstić information content (AvgIpc) is 3.50. The third-order valence-corrected chi connectivity index (χ3v) is 6.85. The van der Waals surface area contributed by atoms with Crippen molar-refractivity contribution < 1.29 is 13.9 Å². The van der Waals surface area contributed by atoms with Gasteiger partial charge in [0.05, 0.1) is 24.5 Å². The minimum absolute atomic E-state index is 0.274. The van der Waals surface area contributed by atoms with E-state index in [4.69, 9.17) is 9.15 Å². The van der Waals surface area contributed by atoms with E-state index in [1.54, 1.807) is 13.2 Å². The van der Waals surface area contributed by atoms with Crippen molar-refractivity contribution in [2.24, 2.45) is 0 Å². The highest BCUT2D eigenvalue weighted by Crippen LogP contribution is 2.28. The van der Waals surface area contributed by atoms with Crippen LogP contribution in [0, 0.1) is 11.3 Å². The van der Waals surface area contributed by atoms with Crippen molar-refractivity contribution in [2.45, 2.75) is 26.2 Å². The van der Waals surface area contributed by atoms with E-state index in [9.17, 15) is 10.1 Å². The summed E-state index contributed by atoms with van der Waals surface area (Å²) in [5.74, 6) is -0.142. The third-order valence-electron chi connectivity index (χ3n) is 6.85. The molecule has 0 radical (unpaired) electrons. The Balaban J connectivity index is 1.10. The molecule has 1 fully saturated rings. The molecule has 1 aliphatic heterocycles. The van der Waals surface area contributed by atoms with Gasteiger partial charge >= 0.3 is 5.97 Å². The first-order valence-corrected chi connectivity index (χ1v) is 12.3. The lowest BCUT2D eigenvalue weighted by atomic mass is 10.0. The lowest BCUT2D eigenvalue weighted by molar-refractivity contribution is 0.0493. The molecule has 0 saturated carbocycles. The van der Waals surface area contributed by atoms with E-state index >= 15 is 0 Å². The van der Waals surface area contributed by atoms with Crippen molar-refractivity contribution in [1.82, 2.24) is 9.88 Å². The number of nitrogens with one attached hydrogen (secondary N) is 1. The van der Waals surface area contributed by atoms with Crippen molar-refractivity contribution in [2.75, 3.05) is 44.2 Å². The quantitative estimate of drug-likeness (QED) is 0.285. The smallest absolute Gasteiger partial charge is 0.374 e. The summed E-state index contributed by atoms with van der Waals surface area (Å²) in [4.78, 5) is 20.3. The molecule has 180 valence electrons. The molecule has 1 N–H and O–H groups in total. The van der Waals surface area contributed by atoms with Gasteiger partial charge in [-0.25, -0.2) is 4.79 Å². The topological polar surface area (TPSA) is 85.5 Å². The zero-order chi connectivity index (χ0) is 24.2. The van der Waals surface area contributed by atoms with Crippen LogP contribution in [-0.4, -0.2) is 55.2 Å². The number of aromatic nitrogens is 1. The number of rotatable bonds is 8. The number of nitrogens with zero attached hydrogens (tertiary/aromatic N) is 3. The van der Waals surface area contributed by atoms with Gasteiger partial charge in [0.25, 0.3) is 0 Å². The number of aryl methyl sites for hydroxylation is 1. The van der Waals surface area contributed by atoms with Gasteiger partial charge in [-0.1, -0.05) is 0 Å². The van der Waals surface area contributed by atoms with Crippen molar-refractivity contribution >= 4 is 33.3 Å². The Morgan fingerprint density at radius 3 is 2.77 bits per heavy atom. The Morgan fingerprint density at radius 2 is 1.97 bits per heavy atom.